The van der Waals surface area contributed by atoms with Gasteiger partial charge in [0.15, 0.2) is 0 Å². The summed E-state index contributed by atoms with van der Waals surface area (Å²) in [6, 6.07) is 4.57. The Hall–Kier alpha value is -0.443. The van der Waals surface area contributed by atoms with Crippen molar-refractivity contribution in [1.29, 1.82) is 0 Å². The molecule has 1 aliphatic rings. The molecule has 0 bridgehead atoms. The van der Waals surface area contributed by atoms with Crippen LogP contribution in [0.2, 0.25) is 0 Å². The molecule has 1 atom stereocenters. The fourth-order valence-corrected chi connectivity index (χ4v) is 2.32. The second-order valence-electron chi connectivity index (χ2n) is 4.19. The van der Waals surface area contributed by atoms with Crippen LogP contribution < -0.4 is 0 Å². The van der Waals surface area contributed by atoms with E-state index in [1.54, 1.807) is 0 Å². The SMILES string of the molecule is [Li][C]1=Cc2cc(C)cc(C)c2C1C. The van der Waals surface area contributed by atoms with Gasteiger partial charge in [0.25, 0.3) is 0 Å². The van der Waals surface area contributed by atoms with E-state index in [2.05, 4.69) is 56.7 Å². The number of hydrogen-bond donors (Lipinski definition) is 0. The summed E-state index contributed by atoms with van der Waals surface area (Å²) >= 11 is 2.22. The van der Waals surface area contributed by atoms with Gasteiger partial charge in [-0.2, -0.15) is 0 Å². The minimum absolute atomic E-state index is 0.621. The summed E-state index contributed by atoms with van der Waals surface area (Å²) in [6.07, 6.45) is 2.32. The molecule has 0 aliphatic heterocycles. The first-order valence-electron chi connectivity index (χ1n) is 4.89. The molecule has 0 aromatic heterocycles. The number of fused-ring (bicyclic) bond motifs is 1. The summed E-state index contributed by atoms with van der Waals surface area (Å²) in [5.74, 6) is 0.621. The molecule has 0 fully saturated rings. The molecule has 0 saturated heterocycles. The van der Waals surface area contributed by atoms with Crippen LogP contribution in [0.1, 0.15) is 35.1 Å². The van der Waals surface area contributed by atoms with Gasteiger partial charge in [-0.3, -0.25) is 0 Å². The number of hydrogen-bond acceptors (Lipinski definition) is 0. The van der Waals surface area contributed by atoms with Crippen LogP contribution in [0.15, 0.2) is 16.4 Å². The average molecular weight is 164 g/mol. The van der Waals surface area contributed by atoms with Gasteiger partial charge in [0.2, 0.25) is 0 Å². The first kappa shape index (κ1) is 9.13. The Labute approximate surface area is 89.2 Å². The normalized spacial score (nSPS) is 20.1. The molecule has 62 valence electrons. The van der Waals surface area contributed by atoms with Crippen molar-refractivity contribution in [3.8, 4) is 0 Å². The zero-order valence-electron chi connectivity index (χ0n) is 8.81. The molecular formula is C12H13Li. The fourth-order valence-electron chi connectivity index (χ4n) is 2.32. The van der Waals surface area contributed by atoms with E-state index in [1.165, 1.54) is 26.5 Å². The third-order valence-electron chi connectivity index (χ3n) is 3.06. The molecule has 1 heteroatoms. The average Bonchev–Trinajstić information content (AvgIpc) is 2.27. The summed E-state index contributed by atoms with van der Waals surface area (Å²) in [4.78, 5) is 0. The second kappa shape index (κ2) is 3.05. The van der Waals surface area contributed by atoms with Crippen LogP contribution in [0.3, 0.4) is 0 Å². The van der Waals surface area contributed by atoms with Gasteiger partial charge in [-0.25, -0.2) is 0 Å². The van der Waals surface area contributed by atoms with E-state index in [0.717, 1.165) is 0 Å². The zero-order chi connectivity index (χ0) is 9.59. The molecule has 1 aromatic carbocycles. The Bertz CT molecular complexity index is 388. The van der Waals surface area contributed by atoms with E-state index >= 15 is 0 Å². The predicted octanol–water partition coefficient (Wildman–Crippen LogP) is 2.93. The van der Waals surface area contributed by atoms with Gasteiger partial charge >= 0.3 is 89.1 Å². The van der Waals surface area contributed by atoms with E-state index in [4.69, 9.17) is 0 Å². The Morgan fingerprint density at radius 1 is 1.23 bits per heavy atom. The van der Waals surface area contributed by atoms with Crippen molar-refractivity contribution < 1.29 is 0 Å². The molecule has 0 heterocycles. The molecule has 1 aliphatic carbocycles. The Morgan fingerprint density at radius 3 is 2.62 bits per heavy atom. The van der Waals surface area contributed by atoms with Crippen molar-refractivity contribution in [1.82, 2.24) is 0 Å². The first-order valence-corrected chi connectivity index (χ1v) is 4.89. The molecule has 1 aromatic rings. The predicted molar refractivity (Wildman–Crippen MR) is 58.1 cm³/mol. The van der Waals surface area contributed by atoms with Crippen LogP contribution in [-0.2, 0) is 0 Å². The standard InChI is InChI=1S/C12H13.Li/c1-8-6-10(3)12-9(2)4-5-11(12)7-8;/h5-7,9H,1-3H3;. The van der Waals surface area contributed by atoms with E-state index < -0.39 is 0 Å². The Balaban J connectivity index is 2.66. The van der Waals surface area contributed by atoms with Gasteiger partial charge in [-0.15, -0.1) is 0 Å². The van der Waals surface area contributed by atoms with Crippen molar-refractivity contribution in [2.45, 2.75) is 26.7 Å². The second-order valence-corrected chi connectivity index (χ2v) is 4.19. The van der Waals surface area contributed by atoms with Crippen LogP contribution >= 0.6 is 0 Å². The first-order chi connectivity index (χ1) is 6.09. The Kier molecular flexibility index (Phi) is 2.14. The summed E-state index contributed by atoms with van der Waals surface area (Å²) in [5, 5.41) is 0. The molecule has 0 radical (unpaired) electrons. The summed E-state index contributed by atoms with van der Waals surface area (Å²) in [7, 11) is 0. The third kappa shape index (κ3) is 1.39. The van der Waals surface area contributed by atoms with Gasteiger partial charge in [-0.1, -0.05) is 0 Å². The molecule has 0 saturated carbocycles. The van der Waals surface area contributed by atoms with Crippen molar-refractivity contribution in [3.63, 3.8) is 0 Å². The zero-order valence-corrected chi connectivity index (χ0v) is 8.81. The maximum atomic E-state index is 2.32. The number of allylic oxidation sites excluding steroid dienone is 1. The maximum absolute atomic E-state index is 2.32. The number of aryl methyl sites for hydroxylation is 2. The van der Waals surface area contributed by atoms with E-state index in [0.29, 0.717) is 5.92 Å². The van der Waals surface area contributed by atoms with Crippen molar-refractivity contribution in [3.05, 3.63) is 38.6 Å². The van der Waals surface area contributed by atoms with E-state index in [1.807, 2.05) is 0 Å². The molecule has 13 heavy (non-hydrogen) atoms. The summed E-state index contributed by atoms with van der Waals surface area (Å²) < 4.78 is 1.49. The van der Waals surface area contributed by atoms with Gasteiger partial charge in [0, 0.05) is 0 Å². The molecular weight excluding hydrogens is 151 g/mol. The van der Waals surface area contributed by atoms with Crippen LogP contribution in [0.4, 0.5) is 0 Å². The molecule has 0 nitrogen and oxygen atoms in total. The molecule has 0 N–H and O–H groups in total. The van der Waals surface area contributed by atoms with Gasteiger partial charge in [-0.05, 0) is 0 Å². The number of rotatable bonds is 0. The molecule has 2 rings (SSSR count). The van der Waals surface area contributed by atoms with Gasteiger partial charge in [0.05, 0.1) is 0 Å². The van der Waals surface area contributed by atoms with Crippen LogP contribution in [0, 0.1) is 13.8 Å². The van der Waals surface area contributed by atoms with Crippen molar-refractivity contribution in [2.75, 3.05) is 0 Å². The van der Waals surface area contributed by atoms with Crippen molar-refractivity contribution in [2.24, 2.45) is 0 Å². The van der Waals surface area contributed by atoms with Crippen molar-refractivity contribution >= 4 is 23.8 Å². The van der Waals surface area contributed by atoms with Crippen LogP contribution in [0.5, 0.6) is 0 Å². The molecule has 0 amide bonds. The van der Waals surface area contributed by atoms with Crippen LogP contribution in [0.25, 0.3) is 6.08 Å². The van der Waals surface area contributed by atoms with Crippen LogP contribution in [-0.4, -0.2) is 17.7 Å². The monoisotopic (exact) mass is 164 g/mol. The van der Waals surface area contributed by atoms with Gasteiger partial charge < -0.3 is 0 Å². The van der Waals surface area contributed by atoms with Gasteiger partial charge in [0.1, 0.15) is 0 Å². The van der Waals surface area contributed by atoms with E-state index in [9.17, 15) is 0 Å². The summed E-state index contributed by atoms with van der Waals surface area (Å²) in [5.41, 5.74) is 5.77. The molecule has 0 spiro atoms. The third-order valence-corrected chi connectivity index (χ3v) is 3.06. The fraction of sp³-hybridized carbons (Fsp3) is 0.333. The topological polar surface area (TPSA) is 0 Å². The quantitative estimate of drug-likeness (QED) is 0.517. The number of benzene rings is 1. The van der Waals surface area contributed by atoms with E-state index in [-0.39, 0.29) is 0 Å². The Morgan fingerprint density at radius 2 is 1.92 bits per heavy atom. The summed E-state index contributed by atoms with van der Waals surface area (Å²) in [6.45, 7) is 6.67. The molecule has 1 unspecified atom stereocenters. The minimum atomic E-state index is 0.621.